The van der Waals surface area contributed by atoms with Crippen molar-refractivity contribution in [2.24, 2.45) is 0 Å². The molecular weight excluding hydrogens is 450 g/mol. The van der Waals surface area contributed by atoms with Crippen LogP contribution in [0.4, 0.5) is 0 Å². The summed E-state index contributed by atoms with van der Waals surface area (Å²) < 4.78 is 11.4. The fraction of sp³-hybridized carbons (Fsp3) is 0.0345. The minimum Gasteiger partial charge on any atom is -0.281 e. The quantitative estimate of drug-likeness (QED) is 0.285. The fourth-order valence-electron chi connectivity index (χ4n) is 4.79. The molecule has 0 saturated heterocycles. The van der Waals surface area contributed by atoms with Gasteiger partial charge in [-0.25, -0.2) is 9.97 Å². The maximum atomic E-state index is 5.10. The lowest BCUT2D eigenvalue weighted by molar-refractivity contribution is 0.914. The van der Waals surface area contributed by atoms with E-state index < -0.39 is 0 Å². The Morgan fingerprint density at radius 2 is 1.37 bits per heavy atom. The molecule has 3 heterocycles. The Morgan fingerprint density at radius 3 is 2.09 bits per heavy atom. The normalized spacial score (nSPS) is 12.3. The van der Waals surface area contributed by atoms with Crippen LogP contribution in [0.15, 0.2) is 97.1 Å². The molecule has 0 spiro atoms. The first kappa shape index (κ1) is 20.0. The maximum Gasteiger partial charge on any atom is 0.235 e. The van der Waals surface area contributed by atoms with Crippen molar-refractivity contribution >= 4 is 28.7 Å². The molecule has 0 radical (unpaired) electrons. The monoisotopic (exact) mass is 469 g/mol. The van der Waals surface area contributed by atoms with Crippen LogP contribution in [-0.4, -0.2) is 23.3 Å². The van der Waals surface area contributed by atoms with E-state index in [4.69, 9.17) is 9.97 Å². The Morgan fingerprint density at radius 1 is 0.714 bits per heavy atom. The highest BCUT2D eigenvalue weighted by Crippen LogP contribution is 2.40. The van der Waals surface area contributed by atoms with E-state index in [1.807, 2.05) is 36.4 Å². The van der Waals surface area contributed by atoms with Crippen molar-refractivity contribution in [2.75, 3.05) is 0 Å². The average Bonchev–Trinajstić information content (AvgIpc) is 3.46. The van der Waals surface area contributed by atoms with Crippen LogP contribution >= 0.6 is 11.7 Å². The molecule has 0 N–H and O–H groups in total. The van der Waals surface area contributed by atoms with Crippen molar-refractivity contribution in [3.05, 3.63) is 108 Å². The molecule has 7 rings (SSSR count). The molecule has 0 saturated carbocycles. The van der Waals surface area contributed by atoms with Gasteiger partial charge in [-0.1, -0.05) is 84.9 Å². The topological polar surface area (TPSA) is 56.5 Å². The van der Waals surface area contributed by atoms with Gasteiger partial charge in [0.15, 0.2) is 0 Å². The largest absolute Gasteiger partial charge is 0.281 e. The van der Waals surface area contributed by atoms with Crippen molar-refractivity contribution in [1.82, 2.24) is 23.3 Å². The summed E-state index contributed by atoms with van der Waals surface area (Å²) in [6.45, 7) is 0. The molecule has 3 aromatic heterocycles. The summed E-state index contributed by atoms with van der Waals surface area (Å²) >= 11 is 1.25. The highest BCUT2D eigenvalue weighted by Gasteiger charge is 2.25. The molecule has 1 aliphatic rings. The minimum atomic E-state index is 0.655. The zero-order chi connectivity index (χ0) is 23.2. The van der Waals surface area contributed by atoms with Crippen LogP contribution in [0.3, 0.4) is 0 Å². The second kappa shape index (κ2) is 8.11. The summed E-state index contributed by atoms with van der Waals surface area (Å²) in [5.41, 5.74) is 9.04. The lowest BCUT2D eigenvalue weighted by Gasteiger charge is -2.13. The van der Waals surface area contributed by atoms with E-state index in [0.29, 0.717) is 5.95 Å². The molecule has 6 heteroatoms. The smallest absolute Gasteiger partial charge is 0.235 e. The molecule has 6 aromatic rings. The van der Waals surface area contributed by atoms with Gasteiger partial charge in [-0.05, 0) is 18.2 Å². The zero-order valence-corrected chi connectivity index (χ0v) is 19.5. The van der Waals surface area contributed by atoms with E-state index >= 15 is 0 Å². The van der Waals surface area contributed by atoms with E-state index in [1.54, 1.807) is 0 Å². The highest BCUT2D eigenvalue weighted by atomic mass is 32.1. The molecule has 1 aliphatic carbocycles. The molecule has 5 nitrogen and oxygen atoms in total. The first-order chi connectivity index (χ1) is 17.4. The van der Waals surface area contributed by atoms with E-state index in [1.165, 1.54) is 11.7 Å². The SMILES string of the molecule is C1=Cc2nsnc2-c2c(n(-c3nc(-c4ccccc4)cc(-c4ccccc4)n3)c3ccccc23)C1. The van der Waals surface area contributed by atoms with Crippen molar-refractivity contribution in [2.45, 2.75) is 6.42 Å². The Balaban J connectivity index is 1.55. The Kier molecular flexibility index (Phi) is 4.63. The summed E-state index contributed by atoms with van der Waals surface area (Å²) in [6.07, 6.45) is 4.96. The minimum absolute atomic E-state index is 0.655. The standard InChI is InChI=1S/C29H19N5S/c1-3-10-19(11-4-1)23-18-24(20-12-5-2-6-13-20)31-29(30-23)34-25-16-8-7-14-21(25)27-26(34)17-9-15-22-28(27)33-35-32-22/h1-16,18H,17H2. The number of aromatic nitrogens is 5. The van der Waals surface area contributed by atoms with Crippen LogP contribution in [-0.2, 0) is 6.42 Å². The first-order valence-electron chi connectivity index (χ1n) is 11.5. The van der Waals surface area contributed by atoms with Crippen molar-refractivity contribution in [1.29, 1.82) is 0 Å². The van der Waals surface area contributed by atoms with E-state index in [2.05, 4.69) is 80.1 Å². The third kappa shape index (κ3) is 3.30. The van der Waals surface area contributed by atoms with E-state index in [9.17, 15) is 0 Å². The predicted molar refractivity (Wildman–Crippen MR) is 141 cm³/mol. The number of benzene rings is 3. The Labute approximate surface area is 206 Å². The van der Waals surface area contributed by atoms with Gasteiger partial charge < -0.3 is 0 Å². The molecule has 0 atom stereocenters. The summed E-state index contributed by atoms with van der Waals surface area (Å²) in [4.78, 5) is 10.2. The van der Waals surface area contributed by atoms with Gasteiger partial charge in [-0.15, -0.1) is 0 Å². The van der Waals surface area contributed by atoms with Gasteiger partial charge in [0.1, 0.15) is 11.4 Å². The number of para-hydroxylation sites is 1. The lowest BCUT2D eigenvalue weighted by atomic mass is 10.1. The van der Waals surface area contributed by atoms with Gasteiger partial charge >= 0.3 is 0 Å². The van der Waals surface area contributed by atoms with Crippen LogP contribution in [0.2, 0.25) is 0 Å². The van der Waals surface area contributed by atoms with Crippen LogP contribution in [0.1, 0.15) is 11.4 Å². The number of hydrogen-bond acceptors (Lipinski definition) is 5. The molecule has 0 unspecified atom stereocenters. The number of nitrogens with zero attached hydrogens (tertiary/aromatic N) is 5. The van der Waals surface area contributed by atoms with Gasteiger partial charge in [0, 0.05) is 34.2 Å². The summed E-state index contributed by atoms with van der Waals surface area (Å²) in [6, 6.07) is 31.0. The van der Waals surface area contributed by atoms with Gasteiger partial charge in [0.25, 0.3) is 0 Å². The zero-order valence-electron chi connectivity index (χ0n) is 18.7. The summed E-state index contributed by atoms with van der Waals surface area (Å²) in [5.74, 6) is 0.655. The molecular formula is C29H19N5S. The summed E-state index contributed by atoms with van der Waals surface area (Å²) in [7, 11) is 0. The summed E-state index contributed by atoms with van der Waals surface area (Å²) in [5, 5.41) is 1.13. The second-order valence-electron chi connectivity index (χ2n) is 8.45. The van der Waals surface area contributed by atoms with Crippen LogP contribution in [0.25, 0.3) is 56.7 Å². The van der Waals surface area contributed by atoms with Gasteiger partial charge in [-0.2, -0.15) is 8.75 Å². The molecule has 35 heavy (non-hydrogen) atoms. The number of allylic oxidation sites excluding steroid dienone is 1. The Hall–Kier alpha value is -4.42. The molecule has 0 amide bonds. The van der Waals surface area contributed by atoms with Crippen LogP contribution in [0.5, 0.6) is 0 Å². The second-order valence-corrected chi connectivity index (χ2v) is 8.98. The van der Waals surface area contributed by atoms with E-state index in [-0.39, 0.29) is 0 Å². The molecule has 0 aliphatic heterocycles. The third-order valence-corrected chi connectivity index (χ3v) is 6.91. The number of hydrogen-bond donors (Lipinski definition) is 0. The third-order valence-electron chi connectivity index (χ3n) is 6.36. The number of fused-ring (bicyclic) bond motifs is 5. The molecule has 0 fully saturated rings. The Bertz CT molecular complexity index is 1660. The van der Waals surface area contributed by atoms with Gasteiger partial charge in [-0.3, -0.25) is 4.57 Å². The van der Waals surface area contributed by atoms with Crippen LogP contribution in [0, 0.1) is 0 Å². The van der Waals surface area contributed by atoms with Crippen LogP contribution < -0.4 is 0 Å². The van der Waals surface area contributed by atoms with Gasteiger partial charge in [0.05, 0.1) is 28.6 Å². The molecule has 0 bridgehead atoms. The van der Waals surface area contributed by atoms with Crippen molar-refractivity contribution in [3.8, 4) is 39.7 Å². The highest BCUT2D eigenvalue weighted by molar-refractivity contribution is 6.99. The molecule has 3 aromatic carbocycles. The fourth-order valence-corrected chi connectivity index (χ4v) is 5.33. The number of rotatable bonds is 3. The van der Waals surface area contributed by atoms with Crippen molar-refractivity contribution < 1.29 is 0 Å². The van der Waals surface area contributed by atoms with Crippen molar-refractivity contribution in [3.63, 3.8) is 0 Å². The maximum absolute atomic E-state index is 5.10. The van der Waals surface area contributed by atoms with E-state index in [0.717, 1.165) is 62.5 Å². The average molecular weight is 470 g/mol. The predicted octanol–water partition coefficient (Wildman–Crippen LogP) is 6.84. The molecule has 166 valence electrons. The lowest BCUT2D eigenvalue weighted by Crippen LogP contribution is -2.07. The first-order valence-corrected chi connectivity index (χ1v) is 12.2. The van der Waals surface area contributed by atoms with Gasteiger partial charge in [0.2, 0.25) is 5.95 Å².